The van der Waals surface area contributed by atoms with Crippen LogP contribution in [0.25, 0.3) is 0 Å². The predicted octanol–water partition coefficient (Wildman–Crippen LogP) is 3.13. The SMILES string of the molecule is CC(Sc1cc(C#N)ccn1)C(=O)NC1CCCCC1C. The third-order valence-corrected chi connectivity index (χ3v) is 5.00. The van der Waals surface area contributed by atoms with Gasteiger partial charge in [-0.1, -0.05) is 31.5 Å². The van der Waals surface area contributed by atoms with Gasteiger partial charge in [-0.3, -0.25) is 4.79 Å². The molecule has 3 atom stereocenters. The number of rotatable bonds is 4. The standard InChI is InChI=1S/C16H21N3OS/c1-11-5-3-4-6-14(11)19-16(20)12(2)21-15-9-13(10-17)7-8-18-15/h7-9,11-12,14H,3-6H2,1-2H3,(H,19,20). The van der Waals surface area contributed by atoms with E-state index in [1.165, 1.54) is 31.0 Å². The molecule has 4 nitrogen and oxygen atoms in total. The molecule has 1 amide bonds. The lowest BCUT2D eigenvalue weighted by Crippen LogP contribution is -2.44. The van der Waals surface area contributed by atoms with Gasteiger partial charge in [0.15, 0.2) is 0 Å². The quantitative estimate of drug-likeness (QED) is 0.868. The Hall–Kier alpha value is -1.54. The van der Waals surface area contributed by atoms with Crippen molar-refractivity contribution in [1.82, 2.24) is 10.3 Å². The first kappa shape index (κ1) is 15.8. The molecule has 1 heterocycles. The number of carbonyl (C=O) groups excluding carboxylic acids is 1. The number of aromatic nitrogens is 1. The molecule has 0 radical (unpaired) electrons. The monoisotopic (exact) mass is 303 g/mol. The Morgan fingerprint density at radius 2 is 2.29 bits per heavy atom. The molecule has 1 aliphatic carbocycles. The zero-order valence-corrected chi connectivity index (χ0v) is 13.3. The molecule has 112 valence electrons. The average Bonchev–Trinajstić information content (AvgIpc) is 2.49. The predicted molar refractivity (Wildman–Crippen MR) is 83.8 cm³/mol. The first-order valence-corrected chi connectivity index (χ1v) is 8.31. The molecule has 1 aromatic rings. The Morgan fingerprint density at radius 1 is 1.52 bits per heavy atom. The van der Waals surface area contributed by atoms with Crippen molar-refractivity contribution in [3.05, 3.63) is 23.9 Å². The molecule has 0 bridgehead atoms. The summed E-state index contributed by atoms with van der Waals surface area (Å²) < 4.78 is 0. The van der Waals surface area contributed by atoms with E-state index < -0.39 is 0 Å². The summed E-state index contributed by atoms with van der Waals surface area (Å²) in [5, 5.41) is 12.6. The van der Waals surface area contributed by atoms with E-state index in [4.69, 9.17) is 5.26 Å². The first-order chi connectivity index (χ1) is 10.1. The van der Waals surface area contributed by atoms with Gasteiger partial charge in [0.25, 0.3) is 0 Å². The van der Waals surface area contributed by atoms with Gasteiger partial charge < -0.3 is 5.32 Å². The van der Waals surface area contributed by atoms with Crippen LogP contribution in [-0.2, 0) is 4.79 Å². The van der Waals surface area contributed by atoms with Crippen molar-refractivity contribution in [3.63, 3.8) is 0 Å². The molecule has 5 heteroatoms. The lowest BCUT2D eigenvalue weighted by atomic mass is 9.86. The van der Waals surface area contributed by atoms with Crippen molar-refractivity contribution in [2.24, 2.45) is 5.92 Å². The lowest BCUT2D eigenvalue weighted by molar-refractivity contribution is -0.121. The minimum Gasteiger partial charge on any atom is -0.352 e. The van der Waals surface area contributed by atoms with Gasteiger partial charge in [0.05, 0.1) is 21.9 Å². The Balaban J connectivity index is 1.91. The van der Waals surface area contributed by atoms with E-state index >= 15 is 0 Å². The minimum atomic E-state index is -0.208. The summed E-state index contributed by atoms with van der Waals surface area (Å²) in [5.41, 5.74) is 0.570. The zero-order valence-electron chi connectivity index (χ0n) is 12.5. The number of pyridine rings is 1. The summed E-state index contributed by atoms with van der Waals surface area (Å²) in [6.45, 7) is 4.09. The maximum absolute atomic E-state index is 12.3. The normalized spacial score (nSPS) is 23.1. The smallest absolute Gasteiger partial charge is 0.233 e. The van der Waals surface area contributed by atoms with Crippen molar-refractivity contribution in [2.75, 3.05) is 0 Å². The van der Waals surface area contributed by atoms with Gasteiger partial charge in [0.1, 0.15) is 0 Å². The maximum Gasteiger partial charge on any atom is 0.233 e. The Kier molecular flexibility index (Phi) is 5.63. The third kappa shape index (κ3) is 4.47. The Morgan fingerprint density at radius 3 is 3.00 bits per heavy atom. The second kappa shape index (κ2) is 7.46. The van der Waals surface area contributed by atoms with E-state index in [2.05, 4.69) is 23.3 Å². The van der Waals surface area contributed by atoms with E-state index in [-0.39, 0.29) is 11.2 Å². The van der Waals surface area contributed by atoms with Gasteiger partial charge in [-0.15, -0.1) is 0 Å². The summed E-state index contributed by atoms with van der Waals surface area (Å²) in [6, 6.07) is 5.77. The minimum absolute atomic E-state index is 0.0583. The van der Waals surface area contributed by atoms with Crippen molar-refractivity contribution < 1.29 is 4.79 Å². The molecule has 1 aliphatic rings. The Labute approximate surface area is 130 Å². The van der Waals surface area contributed by atoms with E-state index in [0.717, 1.165) is 6.42 Å². The number of thioether (sulfide) groups is 1. The van der Waals surface area contributed by atoms with Gasteiger partial charge in [-0.2, -0.15) is 5.26 Å². The summed E-state index contributed by atoms with van der Waals surface area (Å²) >= 11 is 1.40. The third-order valence-electron chi connectivity index (χ3n) is 3.97. The molecule has 3 unspecified atom stereocenters. The van der Waals surface area contributed by atoms with E-state index in [9.17, 15) is 4.79 Å². The van der Waals surface area contributed by atoms with Crippen LogP contribution in [0.3, 0.4) is 0 Å². The van der Waals surface area contributed by atoms with Gasteiger partial charge in [0, 0.05) is 12.2 Å². The van der Waals surface area contributed by atoms with Crippen LogP contribution in [0.5, 0.6) is 0 Å². The van der Waals surface area contributed by atoms with Crippen molar-refractivity contribution >= 4 is 17.7 Å². The highest BCUT2D eigenvalue weighted by atomic mass is 32.2. The lowest BCUT2D eigenvalue weighted by Gasteiger charge is -2.30. The van der Waals surface area contributed by atoms with Crippen LogP contribution in [0, 0.1) is 17.2 Å². The van der Waals surface area contributed by atoms with Crippen molar-refractivity contribution in [2.45, 2.75) is 55.8 Å². The van der Waals surface area contributed by atoms with Crippen LogP contribution in [0.1, 0.15) is 45.1 Å². The van der Waals surface area contributed by atoms with Crippen LogP contribution in [0.4, 0.5) is 0 Å². The van der Waals surface area contributed by atoms with Crippen LogP contribution in [0.2, 0.25) is 0 Å². The molecule has 2 rings (SSSR count). The fourth-order valence-electron chi connectivity index (χ4n) is 2.61. The average molecular weight is 303 g/mol. The second-order valence-corrected chi connectivity index (χ2v) is 6.99. The number of nitrogens with zero attached hydrogens (tertiary/aromatic N) is 2. The van der Waals surface area contributed by atoms with Gasteiger partial charge in [0.2, 0.25) is 5.91 Å². The number of amides is 1. The highest BCUT2D eigenvalue weighted by Crippen LogP contribution is 2.26. The summed E-state index contributed by atoms with van der Waals surface area (Å²) in [5.74, 6) is 0.614. The summed E-state index contributed by atoms with van der Waals surface area (Å²) in [7, 11) is 0. The van der Waals surface area contributed by atoms with Crippen LogP contribution < -0.4 is 5.32 Å². The largest absolute Gasteiger partial charge is 0.352 e. The van der Waals surface area contributed by atoms with Gasteiger partial charge in [-0.05, 0) is 37.8 Å². The van der Waals surface area contributed by atoms with E-state index in [1.807, 2.05) is 6.92 Å². The zero-order chi connectivity index (χ0) is 15.2. The number of nitrogens with one attached hydrogen (secondary N) is 1. The number of nitriles is 1. The van der Waals surface area contributed by atoms with Crippen LogP contribution in [-0.4, -0.2) is 22.2 Å². The van der Waals surface area contributed by atoms with Crippen molar-refractivity contribution in [1.29, 1.82) is 5.26 Å². The highest BCUT2D eigenvalue weighted by molar-refractivity contribution is 8.00. The maximum atomic E-state index is 12.3. The van der Waals surface area contributed by atoms with Gasteiger partial charge in [-0.25, -0.2) is 4.98 Å². The molecule has 1 saturated carbocycles. The molecule has 1 aromatic heterocycles. The molecule has 1 fully saturated rings. The Bertz CT molecular complexity index is 541. The number of hydrogen-bond donors (Lipinski definition) is 1. The van der Waals surface area contributed by atoms with Crippen LogP contribution in [0.15, 0.2) is 23.4 Å². The first-order valence-electron chi connectivity index (χ1n) is 7.43. The molecule has 0 aliphatic heterocycles. The molecule has 0 saturated heterocycles. The van der Waals surface area contributed by atoms with Gasteiger partial charge >= 0.3 is 0 Å². The number of hydrogen-bond acceptors (Lipinski definition) is 4. The van der Waals surface area contributed by atoms with E-state index in [0.29, 0.717) is 22.5 Å². The number of carbonyl (C=O) groups is 1. The topological polar surface area (TPSA) is 65.8 Å². The molecule has 0 aromatic carbocycles. The van der Waals surface area contributed by atoms with Crippen molar-refractivity contribution in [3.8, 4) is 6.07 Å². The summed E-state index contributed by atoms with van der Waals surface area (Å²) in [4.78, 5) is 16.5. The summed E-state index contributed by atoms with van der Waals surface area (Å²) in [6.07, 6.45) is 6.34. The fourth-order valence-corrected chi connectivity index (χ4v) is 3.46. The second-order valence-electron chi connectivity index (χ2n) is 5.63. The molecular weight excluding hydrogens is 282 g/mol. The molecule has 1 N–H and O–H groups in total. The molecule has 21 heavy (non-hydrogen) atoms. The van der Waals surface area contributed by atoms with E-state index in [1.54, 1.807) is 18.3 Å². The van der Waals surface area contributed by atoms with Crippen LogP contribution >= 0.6 is 11.8 Å². The molecule has 0 spiro atoms. The fraction of sp³-hybridized carbons (Fsp3) is 0.562. The molecular formula is C16H21N3OS. The highest BCUT2D eigenvalue weighted by Gasteiger charge is 2.25.